The van der Waals surface area contributed by atoms with E-state index in [1.807, 2.05) is 31.2 Å². The Morgan fingerprint density at radius 1 is 1.10 bits per heavy atom. The first-order valence-corrected chi connectivity index (χ1v) is 10.8. The third-order valence-electron chi connectivity index (χ3n) is 5.94. The fourth-order valence-corrected chi connectivity index (χ4v) is 4.64. The van der Waals surface area contributed by atoms with Crippen LogP contribution in [-0.2, 0) is 13.0 Å². The van der Waals surface area contributed by atoms with Gasteiger partial charge in [0.1, 0.15) is 16.8 Å². The smallest absolute Gasteiger partial charge is 0.258 e. The number of pyridine rings is 1. The standard InChI is InChI=1S/C23H30N4O3/c1-5-18-16(4)24-23(30-27-21-9-7-6-8-20(21)25-26-27)19(13-28)22(18)29-17-11-14(2)10-15(3)12-17/h6-9,14-15,17,28H,5,10-13H2,1-4H3. The Bertz CT molecular complexity index is 1020. The van der Waals surface area contributed by atoms with Crippen molar-refractivity contribution in [2.45, 2.75) is 66.1 Å². The number of fused-ring (bicyclic) bond motifs is 1. The molecule has 7 nitrogen and oxygen atoms in total. The predicted octanol–water partition coefficient (Wildman–Crippen LogP) is 4.24. The molecular weight excluding hydrogens is 380 g/mol. The quantitative estimate of drug-likeness (QED) is 0.655. The van der Waals surface area contributed by atoms with E-state index in [0.717, 1.165) is 41.6 Å². The zero-order valence-corrected chi connectivity index (χ0v) is 18.1. The van der Waals surface area contributed by atoms with Crippen LogP contribution in [0, 0.1) is 18.8 Å². The van der Waals surface area contributed by atoms with Crippen LogP contribution in [0.4, 0.5) is 0 Å². The molecule has 4 rings (SSSR count). The zero-order chi connectivity index (χ0) is 21.3. The molecule has 1 saturated carbocycles. The second-order valence-electron chi connectivity index (χ2n) is 8.50. The molecule has 1 aliphatic rings. The first-order chi connectivity index (χ1) is 14.5. The topological polar surface area (TPSA) is 82.3 Å². The highest BCUT2D eigenvalue weighted by molar-refractivity contribution is 5.73. The minimum Gasteiger partial charge on any atom is -0.489 e. The van der Waals surface area contributed by atoms with Gasteiger partial charge < -0.3 is 14.7 Å². The SMILES string of the molecule is CCc1c(C)nc(On2nnc3ccccc32)c(CO)c1OC1CC(C)CC(C)C1. The van der Waals surface area contributed by atoms with E-state index in [1.54, 1.807) is 0 Å². The van der Waals surface area contributed by atoms with E-state index in [2.05, 4.69) is 36.1 Å². The molecule has 2 heterocycles. The summed E-state index contributed by atoms with van der Waals surface area (Å²) in [6.07, 6.45) is 4.16. The van der Waals surface area contributed by atoms with Gasteiger partial charge in [-0.15, -0.1) is 5.10 Å². The van der Waals surface area contributed by atoms with Crippen molar-refractivity contribution < 1.29 is 14.7 Å². The van der Waals surface area contributed by atoms with Crippen molar-refractivity contribution in [3.63, 3.8) is 0 Å². The number of aromatic nitrogens is 4. The fourth-order valence-electron chi connectivity index (χ4n) is 4.64. The fraction of sp³-hybridized carbons (Fsp3) is 0.522. The summed E-state index contributed by atoms with van der Waals surface area (Å²) < 4.78 is 6.54. The lowest BCUT2D eigenvalue weighted by molar-refractivity contribution is 0.0951. The van der Waals surface area contributed by atoms with Crippen LogP contribution in [0.1, 0.15) is 56.9 Å². The summed E-state index contributed by atoms with van der Waals surface area (Å²) in [5.41, 5.74) is 3.87. The second kappa shape index (κ2) is 8.60. The van der Waals surface area contributed by atoms with Crippen LogP contribution in [0.3, 0.4) is 0 Å². The summed E-state index contributed by atoms with van der Waals surface area (Å²) in [6.45, 7) is 8.36. The number of benzene rings is 1. The normalized spacial score (nSPS) is 21.7. The zero-order valence-electron chi connectivity index (χ0n) is 18.1. The van der Waals surface area contributed by atoms with Gasteiger partial charge in [0.05, 0.1) is 18.3 Å². The van der Waals surface area contributed by atoms with E-state index in [0.29, 0.717) is 29.0 Å². The average Bonchev–Trinajstić information content (AvgIpc) is 3.10. The molecule has 2 aromatic heterocycles. The van der Waals surface area contributed by atoms with Crippen LogP contribution in [0.15, 0.2) is 24.3 Å². The minimum absolute atomic E-state index is 0.126. The van der Waals surface area contributed by atoms with Crippen LogP contribution in [0.5, 0.6) is 11.6 Å². The van der Waals surface area contributed by atoms with Crippen molar-refractivity contribution in [1.29, 1.82) is 0 Å². The molecule has 0 aliphatic heterocycles. The molecule has 30 heavy (non-hydrogen) atoms. The van der Waals surface area contributed by atoms with E-state index in [1.165, 1.54) is 11.3 Å². The van der Waals surface area contributed by atoms with Gasteiger partial charge in [-0.05, 0) is 61.8 Å². The van der Waals surface area contributed by atoms with Gasteiger partial charge in [0.2, 0.25) is 0 Å². The highest BCUT2D eigenvalue weighted by Gasteiger charge is 2.28. The maximum absolute atomic E-state index is 10.2. The van der Waals surface area contributed by atoms with Crippen LogP contribution in [0.2, 0.25) is 0 Å². The number of aliphatic hydroxyl groups excluding tert-OH is 1. The highest BCUT2D eigenvalue weighted by Crippen LogP contribution is 2.38. The molecule has 0 radical (unpaired) electrons. The summed E-state index contributed by atoms with van der Waals surface area (Å²) in [6, 6.07) is 7.55. The Labute approximate surface area is 177 Å². The molecule has 2 unspecified atom stereocenters. The summed E-state index contributed by atoms with van der Waals surface area (Å²) >= 11 is 0. The summed E-state index contributed by atoms with van der Waals surface area (Å²) in [7, 11) is 0. The molecule has 0 saturated heterocycles. The number of aryl methyl sites for hydroxylation is 1. The van der Waals surface area contributed by atoms with Gasteiger partial charge in [0.15, 0.2) is 0 Å². The van der Waals surface area contributed by atoms with E-state index in [-0.39, 0.29) is 12.7 Å². The first kappa shape index (κ1) is 20.6. The minimum atomic E-state index is -0.227. The predicted molar refractivity (Wildman–Crippen MR) is 114 cm³/mol. The van der Waals surface area contributed by atoms with Crippen molar-refractivity contribution >= 4 is 11.0 Å². The molecule has 0 bridgehead atoms. The molecule has 160 valence electrons. The van der Waals surface area contributed by atoms with Gasteiger partial charge in [0, 0.05) is 11.3 Å². The third kappa shape index (κ3) is 3.99. The Morgan fingerprint density at radius 2 is 1.83 bits per heavy atom. The molecule has 0 amide bonds. The Morgan fingerprint density at radius 3 is 2.53 bits per heavy atom. The number of hydrogen-bond acceptors (Lipinski definition) is 6. The molecular formula is C23H30N4O3. The van der Waals surface area contributed by atoms with Gasteiger partial charge in [-0.25, -0.2) is 4.98 Å². The lowest BCUT2D eigenvalue weighted by Crippen LogP contribution is -2.29. The number of aliphatic hydroxyl groups is 1. The molecule has 1 aliphatic carbocycles. The van der Waals surface area contributed by atoms with E-state index >= 15 is 0 Å². The van der Waals surface area contributed by atoms with Crippen LogP contribution in [0.25, 0.3) is 11.0 Å². The van der Waals surface area contributed by atoms with Crippen molar-refractivity contribution in [1.82, 2.24) is 20.1 Å². The monoisotopic (exact) mass is 410 g/mol. The number of ether oxygens (including phenoxy) is 1. The Balaban J connectivity index is 1.72. The van der Waals surface area contributed by atoms with Crippen molar-refractivity contribution in [2.24, 2.45) is 11.8 Å². The summed E-state index contributed by atoms with van der Waals surface area (Å²) in [5, 5.41) is 18.5. The molecule has 2 atom stereocenters. The van der Waals surface area contributed by atoms with Crippen LogP contribution in [-0.4, -0.2) is 31.4 Å². The molecule has 3 aromatic rings. The number of hydrogen-bond donors (Lipinski definition) is 1. The number of rotatable bonds is 6. The van der Waals surface area contributed by atoms with Crippen molar-refractivity contribution in [3.05, 3.63) is 41.1 Å². The van der Waals surface area contributed by atoms with E-state index in [9.17, 15) is 5.11 Å². The van der Waals surface area contributed by atoms with E-state index in [4.69, 9.17) is 9.57 Å². The van der Waals surface area contributed by atoms with Gasteiger partial charge in [-0.1, -0.05) is 37.7 Å². The Hall–Kier alpha value is -2.67. The Kier molecular flexibility index (Phi) is 5.90. The molecule has 1 fully saturated rings. The molecule has 1 aromatic carbocycles. The second-order valence-corrected chi connectivity index (χ2v) is 8.50. The number of nitrogens with zero attached hydrogens (tertiary/aromatic N) is 4. The van der Waals surface area contributed by atoms with Gasteiger partial charge in [0.25, 0.3) is 5.88 Å². The first-order valence-electron chi connectivity index (χ1n) is 10.8. The lowest BCUT2D eigenvalue weighted by Gasteiger charge is -2.33. The lowest BCUT2D eigenvalue weighted by atomic mass is 9.81. The highest BCUT2D eigenvalue weighted by atomic mass is 16.7. The molecule has 7 heteroatoms. The summed E-state index contributed by atoms with van der Waals surface area (Å²) in [4.78, 5) is 12.0. The largest absolute Gasteiger partial charge is 0.489 e. The maximum atomic E-state index is 10.2. The van der Waals surface area contributed by atoms with Crippen LogP contribution < -0.4 is 9.57 Å². The average molecular weight is 411 g/mol. The van der Waals surface area contributed by atoms with Crippen molar-refractivity contribution in [3.8, 4) is 11.6 Å². The van der Waals surface area contributed by atoms with E-state index < -0.39 is 0 Å². The molecule has 0 spiro atoms. The summed E-state index contributed by atoms with van der Waals surface area (Å²) in [5.74, 6) is 2.26. The number of para-hydroxylation sites is 1. The van der Waals surface area contributed by atoms with Gasteiger partial charge >= 0.3 is 0 Å². The third-order valence-corrected chi connectivity index (χ3v) is 5.94. The van der Waals surface area contributed by atoms with Crippen molar-refractivity contribution in [2.75, 3.05) is 0 Å². The molecule has 1 N–H and O–H groups in total. The van der Waals surface area contributed by atoms with Gasteiger partial charge in [-0.2, -0.15) is 0 Å². The van der Waals surface area contributed by atoms with Crippen LogP contribution >= 0.6 is 0 Å². The van der Waals surface area contributed by atoms with Gasteiger partial charge in [-0.3, -0.25) is 0 Å². The maximum Gasteiger partial charge on any atom is 0.258 e.